The van der Waals surface area contributed by atoms with Gasteiger partial charge in [0.05, 0.1) is 11.5 Å². The molecule has 8 aromatic carbocycles. The van der Waals surface area contributed by atoms with Crippen molar-refractivity contribution in [2.75, 3.05) is 11.4 Å². The van der Waals surface area contributed by atoms with E-state index in [-0.39, 0.29) is 5.41 Å². The molecule has 0 aliphatic heterocycles. The van der Waals surface area contributed by atoms with Crippen LogP contribution in [0.4, 0.5) is 5.69 Å². The zero-order valence-electron chi connectivity index (χ0n) is 49.3. The van der Waals surface area contributed by atoms with E-state index in [0.717, 1.165) is 32.2 Å². The highest BCUT2D eigenvalue weighted by Crippen LogP contribution is 2.63. The third-order valence-corrected chi connectivity index (χ3v) is 15.9. The Kier molecular flexibility index (Phi) is 20.9. The van der Waals surface area contributed by atoms with Crippen LogP contribution in [-0.2, 0) is 11.8 Å². The van der Waals surface area contributed by atoms with E-state index in [0.29, 0.717) is 17.9 Å². The van der Waals surface area contributed by atoms with Gasteiger partial charge in [0.15, 0.2) is 0 Å². The number of allylic oxidation sites excluding steroid dienone is 4. The smallest absolute Gasteiger partial charge is 0.0725 e. The first-order valence-electron chi connectivity index (χ1n) is 29.3. The Morgan fingerprint density at radius 3 is 1.54 bits per heavy atom. The van der Waals surface area contributed by atoms with Crippen LogP contribution >= 0.6 is 0 Å². The molecule has 0 bridgehead atoms. The lowest BCUT2D eigenvalue weighted by atomic mass is 9.70. The van der Waals surface area contributed by atoms with Gasteiger partial charge >= 0.3 is 0 Å². The van der Waals surface area contributed by atoms with Crippen molar-refractivity contribution < 1.29 is 0 Å². The highest BCUT2D eigenvalue weighted by Gasteiger charge is 2.51. The maximum Gasteiger partial charge on any atom is 0.0725 e. The first kappa shape index (κ1) is 58.5. The summed E-state index contributed by atoms with van der Waals surface area (Å²) in [6, 6.07) is 67.9. The number of fused-ring (bicyclic) bond motifs is 10. The lowest BCUT2D eigenvalue weighted by Crippen LogP contribution is -2.36. The van der Waals surface area contributed by atoms with Crippen LogP contribution in [0, 0.1) is 39.5 Å². The fourth-order valence-corrected chi connectivity index (χ4v) is 12.0. The van der Waals surface area contributed by atoms with Gasteiger partial charge in [0.25, 0.3) is 0 Å². The summed E-state index contributed by atoms with van der Waals surface area (Å²) in [4.78, 5) is 2.65. The maximum absolute atomic E-state index is 3.00. The van der Waals surface area contributed by atoms with Gasteiger partial charge in [-0.3, -0.25) is 0 Å². The monoisotopic (exact) mass is 1030 g/mol. The van der Waals surface area contributed by atoms with E-state index in [1.165, 1.54) is 125 Å². The largest absolute Gasteiger partial charge is 0.364 e. The molecule has 0 N–H and O–H groups in total. The molecule has 2 atom stereocenters. The number of anilines is 1. The predicted octanol–water partition coefficient (Wildman–Crippen LogP) is 21.8. The van der Waals surface area contributed by atoms with Gasteiger partial charge in [0, 0.05) is 12.2 Å². The van der Waals surface area contributed by atoms with Crippen LogP contribution in [0.5, 0.6) is 0 Å². The second-order valence-corrected chi connectivity index (χ2v) is 22.1. The molecule has 1 nitrogen and oxygen atoms in total. The van der Waals surface area contributed by atoms with E-state index in [1.54, 1.807) is 0 Å². The molecule has 2 unspecified atom stereocenters. The molecule has 8 aromatic rings. The molecule has 1 heteroatoms. The fourth-order valence-electron chi connectivity index (χ4n) is 12.0. The number of aryl methyl sites for hydroxylation is 5. The molecular weight excluding hydrogens is 939 g/mol. The standard InChI is InChI=1S/C35H28.C29H39N.C7H8.C4H10.C2H4/c1-3-12-24-13-4-5-14-25(24)29-22-30-28-17-8-11-20-33(28)35(34(30)21-23(29)2)31-18-9-6-15-26(31)27-16-7-10-19-32(27)35;1-7-23(5)29(30(20-21(2)3)27-15-11-12-22(4)18-27)26-16-17-28(24(6)19-26)25-13-9-8-10-14-25;1-7-5-3-2-4-6-7;1-3-4-2;1-2/h4-11,13-22H,3,12H2,1-2H3;9,11-19,21,23,29H,7-8,10,20H2,1-6H3;2-6H,1H3;3-4H2,1-2H3;1-2H2. The van der Waals surface area contributed by atoms with Gasteiger partial charge in [0.2, 0.25) is 0 Å². The van der Waals surface area contributed by atoms with Crippen molar-refractivity contribution >= 4 is 11.3 Å². The summed E-state index contributed by atoms with van der Waals surface area (Å²) in [7, 11) is 0. The van der Waals surface area contributed by atoms with Gasteiger partial charge in [0.1, 0.15) is 0 Å². The number of unbranched alkanes of at least 4 members (excludes halogenated alkanes) is 1. The highest BCUT2D eigenvalue weighted by molar-refractivity contribution is 5.96. The van der Waals surface area contributed by atoms with Crippen LogP contribution in [0.1, 0.15) is 154 Å². The van der Waals surface area contributed by atoms with E-state index in [4.69, 9.17) is 0 Å². The van der Waals surface area contributed by atoms with Crippen LogP contribution in [0.25, 0.3) is 39.0 Å². The Balaban J connectivity index is 0.000000186. The molecule has 11 rings (SSSR count). The molecule has 3 aliphatic rings. The fraction of sp³-hybridized carbons (Fsp3) is 0.299. The van der Waals surface area contributed by atoms with Crippen LogP contribution < -0.4 is 4.90 Å². The number of rotatable bonds is 12. The molecule has 1 spiro atoms. The Morgan fingerprint density at radius 2 is 1.03 bits per heavy atom. The van der Waals surface area contributed by atoms with E-state index < -0.39 is 0 Å². The van der Waals surface area contributed by atoms with Crippen LogP contribution in [-0.4, -0.2) is 6.54 Å². The van der Waals surface area contributed by atoms with Gasteiger partial charge in [-0.25, -0.2) is 0 Å². The van der Waals surface area contributed by atoms with E-state index >= 15 is 0 Å². The zero-order chi connectivity index (χ0) is 55.8. The van der Waals surface area contributed by atoms with E-state index in [2.05, 4.69) is 276 Å². The third-order valence-electron chi connectivity index (χ3n) is 15.9. The van der Waals surface area contributed by atoms with Gasteiger partial charge < -0.3 is 4.90 Å². The summed E-state index contributed by atoms with van der Waals surface area (Å²) < 4.78 is 0. The number of benzene rings is 8. The van der Waals surface area contributed by atoms with Crippen molar-refractivity contribution in [3.63, 3.8) is 0 Å². The Bertz CT molecular complexity index is 3220. The third kappa shape index (κ3) is 12.7. The Hall–Kier alpha value is -7.22. The van der Waals surface area contributed by atoms with Crippen molar-refractivity contribution in [1.82, 2.24) is 0 Å². The van der Waals surface area contributed by atoms with Gasteiger partial charge in [-0.15, -0.1) is 13.2 Å². The number of hydrogen-bond acceptors (Lipinski definition) is 1. The Morgan fingerprint density at radius 1 is 0.474 bits per heavy atom. The number of hydrogen-bond donors (Lipinski definition) is 0. The van der Waals surface area contributed by atoms with Crippen molar-refractivity contribution in [3.8, 4) is 33.4 Å². The molecular formula is C77H89N. The average molecular weight is 1030 g/mol. The highest BCUT2D eigenvalue weighted by atomic mass is 15.2. The van der Waals surface area contributed by atoms with Crippen LogP contribution in [0.15, 0.2) is 213 Å². The van der Waals surface area contributed by atoms with Crippen molar-refractivity contribution in [1.29, 1.82) is 0 Å². The Labute approximate surface area is 472 Å². The van der Waals surface area contributed by atoms with Crippen LogP contribution in [0.2, 0.25) is 0 Å². The first-order chi connectivity index (χ1) is 38.0. The summed E-state index contributed by atoms with van der Waals surface area (Å²) in [5.41, 5.74) is 25.9. The van der Waals surface area contributed by atoms with Gasteiger partial charge in [-0.05, 0) is 172 Å². The molecule has 402 valence electrons. The minimum Gasteiger partial charge on any atom is -0.364 e. The molecule has 78 heavy (non-hydrogen) atoms. The normalized spacial score (nSPS) is 13.5. The first-order valence-corrected chi connectivity index (χ1v) is 29.3. The molecule has 0 saturated carbocycles. The molecule has 0 saturated heterocycles. The summed E-state index contributed by atoms with van der Waals surface area (Å²) in [5.74, 6) is 1.18. The lowest BCUT2D eigenvalue weighted by molar-refractivity contribution is 0.407. The summed E-state index contributed by atoms with van der Waals surface area (Å²) >= 11 is 0. The molecule has 3 aliphatic carbocycles. The summed E-state index contributed by atoms with van der Waals surface area (Å²) in [6.45, 7) is 31.9. The van der Waals surface area contributed by atoms with Crippen molar-refractivity contribution in [2.24, 2.45) is 11.8 Å². The van der Waals surface area contributed by atoms with Crippen LogP contribution in [0.3, 0.4) is 0 Å². The molecule has 0 heterocycles. The van der Waals surface area contributed by atoms with E-state index in [9.17, 15) is 0 Å². The summed E-state index contributed by atoms with van der Waals surface area (Å²) in [5, 5.41) is 0. The summed E-state index contributed by atoms with van der Waals surface area (Å²) in [6.07, 6.45) is 15.3. The minimum atomic E-state index is -0.259. The second kappa shape index (κ2) is 27.9. The molecule has 0 radical (unpaired) electrons. The quantitative estimate of drug-likeness (QED) is 0.110. The molecule has 0 aromatic heterocycles. The van der Waals surface area contributed by atoms with Gasteiger partial charge in [-0.2, -0.15) is 0 Å². The zero-order valence-corrected chi connectivity index (χ0v) is 49.3. The van der Waals surface area contributed by atoms with E-state index in [1.807, 2.05) is 18.2 Å². The SMILES string of the molecule is C=C.CCC(C)C(c1ccc(C2=CCCC=C2)c(C)c1)N(CC(C)C)c1cccc(C)c1.CCCC.CCCc1ccccc1-c1cc2c(cc1C)C1(c3ccccc3-c3ccccc31)c1ccccc1-2.Cc1ccccc1. The van der Waals surface area contributed by atoms with Crippen molar-refractivity contribution in [2.45, 2.75) is 133 Å². The topological polar surface area (TPSA) is 3.24 Å². The predicted molar refractivity (Wildman–Crippen MR) is 343 cm³/mol. The number of nitrogens with zero attached hydrogens (tertiary/aromatic N) is 1. The second-order valence-electron chi connectivity index (χ2n) is 22.1. The average Bonchev–Trinajstić information content (AvgIpc) is 3.51. The van der Waals surface area contributed by atoms with Gasteiger partial charge in [-0.1, -0.05) is 262 Å². The minimum absolute atomic E-state index is 0.259. The van der Waals surface area contributed by atoms with Crippen molar-refractivity contribution in [3.05, 3.63) is 275 Å². The maximum atomic E-state index is 3.00. The molecule has 0 amide bonds. The lowest BCUT2D eigenvalue weighted by Gasteiger charge is -2.39. The molecule has 0 fully saturated rings.